The van der Waals surface area contributed by atoms with Crippen molar-refractivity contribution < 1.29 is 5.11 Å². The van der Waals surface area contributed by atoms with Crippen LogP contribution in [0.2, 0.25) is 0 Å². The third-order valence-corrected chi connectivity index (χ3v) is 7.79. The van der Waals surface area contributed by atoms with Crippen molar-refractivity contribution in [1.29, 1.82) is 0 Å². The summed E-state index contributed by atoms with van der Waals surface area (Å²) in [5.74, 6) is 0. The van der Waals surface area contributed by atoms with Gasteiger partial charge in [-0.2, -0.15) is 23.5 Å². The first-order chi connectivity index (χ1) is 15.1. The van der Waals surface area contributed by atoms with Crippen molar-refractivity contribution in [3.63, 3.8) is 0 Å². The molecule has 0 bridgehead atoms. The van der Waals surface area contributed by atoms with Gasteiger partial charge in [0.1, 0.15) is 0 Å². The third-order valence-electron chi connectivity index (χ3n) is 5.25. The average molecular weight is 447 g/mol. The van der Waals surface area contributed by atoms with E-state index in [9.17, 15) is 5.11 Å². The molecular formula is C28H30OS2. The van der Waals surface area contributed by atoms with Crippen LogP contribution in [-0.4, -0.2) is 27.8 Å². The highest BCUT2D eigenvalue weighted by Gasteiger charge is 2.28. The van der Waals surface area contributed by atoms with Crippen molar-refractivity contribution in [3.8, 4) is 0 Å². The summed E-state index contributed by atoms with van der Waals surface area (Å²) in [5, 5.41) is 14.0. The minimum atomic E-state index is -0.908. The lowest BCUT2D eigenvalue weighted by atomic mass is 9.89. The molecule has 1 nitrogen and oxygen atoms in total. The summed E-state index contributed by atoms with van der Waals surface area (Å²) in [7, 11) is 0. The van der Waals surface area contributed by atoms with E-state index in [1.807, 2.05) is 48.6 Å². The molecule has 0 saturated carbocycles. The van der Waals surface area contributed by atoms with E-state index in [4.69, 9.17) is 0 Å². The maximum atomic E-state index is 11.6. The van der Waals surface area contributed by atoms with E-state index in [2.05, 4.69) is 73.2 Å². The summed E-state index contributed by atoms with van der Waals surface area (Å²) < 4.78 is 0.339. The second kappa shape index (κ2) is 12.0. The molecule has 31 heavy (non-hydrogen) atoms. The van der Waals surface area contributed by atoms with Crippen molar-refractivity contribution in [2.75, 3.05) is 12.5 Å². The predicted molar refractivity (Wildman–Crippen MR) is 142 cm³/mol. The van der Waals surface area contributed by atoms with Crippen LogP contribution < -0.4 is 0 Å². The fourth-order valence-electron chi connectivity index (χ4n) is 3.62. The first-order valence-electron chi connectivity index (χ1n) is 10.5. The monoisotopic (exact) mass is 446 g/mol. The fraction of sp³-hybridized carbons (Fsp3) is 0.214. The molecule has 0 fully saturated rings. The third kappa shape index (κ3) is 7.17. The number of hydrogen-bond acceptors (Lipinski definition) is 3. The van der Waals surface area contributed by atoms with E-state index in [1.165, 1.54) is 21.9 Å². The fourth-order valence-corrected chi connectivity index (χ4v) is 5.30. The molecule has 3 aromatic rings. The van der Waals surface area contributed by atoms with Crippen molar-refractivity contribution in [1.82, 2.24) is 0 Å². The van der Waals surface area contributed by atoms with E-state index in [-0.39, 0.29) is 0 Å². The zero-order chi connectivity index (χ0) is 21.9. The zero-order valence-electron chi connectivity index (χ0n) is 18.1. The highest BCUT2D eigenvalue weighted by atomic mass is 32.2. The lowest BCUT2D eigenvalue weighted by Gasteiger charge is -2.29. The Kier molecular flexibility index (Phi) is 9.08. The van der Waals surface area contributed by atoms with E-state index in [0.717, 1.165) is 0 Å². The van der Waals surface area contributed by atoms with Gasteiger partial charge in [-0.3, -0.25) is 0 Å². The van der Waals surface area contributed by atoms with Crippen molar-refractivity contribution in [2.24, 2.45) is 0 Å². The van der Waals surface area contributed by atoms with E-state index >= 15 is 0 Å². The highest BCUT2D eigenvalue weighted by Crippen LogP contribution is 2.32. The second-order valence-corrected chi connectivity index (χ2v) is 9.92. The number of allylic oxidation sites excluding steroid dienone is 4. The van der Waals surface area contributed by atoms with Gasteiger partial charge in [-0.15, -0.1) is 0 Å². The van der Waals surface area contributed by atoms with Gasteiger partial charge < -0.3 is 5.11 Å². The Morgan fingerprint density at radius 2 is 1.48 bits per heavy atom. The minimum absolute atomic E-state index is 0.339. The molecule has 0 aliphatic carbocycles. The zero-order valence-corrected chi connectivity index (χ0v) is 19.8. The van der Waals surface area contributed by atoms with Crippen molar-refractivity contribution >= 4 is 40.4 Å². The van der Waals surface area contributed by atoms with Crippen molar-refractivity contribution in [3.05, 3.63) is 114 Å². The molecule has 0 radical (unpaired) electrons. The van der Waals surface area contributed by atoms with Gasteiger partial charge in [-0.1, -0.05) is 109 Å². The van der Waals surface area contributed by atoms with Gasteiger partial charge in [-0.25, -0.2) is 0 Å². The maximum Gasteiger partial charge on any atom is 0.0889 e. The Morgan fingerprint density at radius 1 is 0.806 bits per heavy atom. The average Bonchev–Trinajstić information content (AvgIpc) is 2.81. The maximum absolute atomic E-state index is 11.6. The minimum Gasteiger partial charge on any atom is -0.385 e. The molecule has 0 saturated heterocycles. The molecule has 1 N–H and O–H groups in total. The van der Waals surface area contributed by atoms with Gasteiger partial charge in [0.2, 0.25) is 0 Å². The summed E-state index contributed by atoms with van der Waals surface area (Å²) >= 11 is 3.59. The van der Waals surface area contributed by atoms with E-state index in [1.54, 1.807) is 23.5 Å². The van der Waals surface area contributed by atoms with Crippen LogP contribution in [0.4, 0.5) is 0 Å². The summed E-state index contributed by atoms with van der Waals surface area (Å²) in [4.78, 5) is 0. The molecule has 3 heteroatoms. The summed E-state index contributed by atoms with van der Waals surface area (Å²) in [6, 6.07) is 25.0. The lowest BCUT2D eigenvalue weighted by Crippen LogP contribution is -2.32. The first-order valence-corrected chi connectivity index (χ1v) is 13.0. The number of benzene rings is 3. The van der Waals surface area contributed by atoms with Crippen LogP contribution in [0, 0.1) is 0 Å². The number of fused-ring (bicyclic) bond motifs is 1. The Hall–Kier alpha value is -2.20. The van der Waals surface area contributed by atoms with Crippen LogP contribution in [0.3, 0.4) is 0 Å². The highest BCUT2D eigenvalue weighted by molar-refractivity contribution is 8.16. The Bertz CT molecular complexity index is 1030. The van der Waals surface area contributed by atoms with Crippen molar-refractivity contribution in [2.45, 2.75) is 23.0 Å². The molecule has 3 rings (SSSR count). The molecule has 1 unspecified atom stereocenters. The molecule has 3 aromatic carbocycles. The van der Waals surface area contributed by atoms with Crippen LogP contribution >= 0.6 is 23.5 Å². The number of aliphatic hydroxyl groups is 1. The molecule has 0 amide bonds. The molecule has 0 aromatic heterocycles. The summed E-state index contributed by atoms with van der Waals surface area (Å²) in [5.41, 5.74) is 1.44. The molecule has 1 atom stereocenters. The molecule has 0 spiro atoms. The Morgan fingerprint density at radius 3 is 2.26 bits per heavy atom. The number of rotatable bonds is 10. The second-order valence-electron chi connectivity index (χ2n) is 7.54. The van der Waals surface area contributed by atoms with Gasteiger partial charge >= 0.3 is 0 Å². The molecule has 160 valence electrons. The molecule has 0 heterocycles. The van der Waals surface area contributed by atoms with Gasteiger partial charge in [-0.05, 0) is 34.4 Å². The van der Waals surface area contributed by atoms with Crippen LogP contribution in [0.1, 0.15) is 17.5 Å². The predicted octanol–water partition coefficient (Wildman–Crippen LogP) is 7.38. The molecule has 0 aliphatic heterocycles. The number of hydrogen-bond donors (Lipinski definition) is 1. The van der Waals surface area contributed by atoms with Gasteiger partial charge in [0, 0.05) is 12.8 Å². The van der Waals surface area contributed by atoms with E-state index < -0.39 is 5.60 Å². The summed E-state index contributed by atoms with van der Waals surface area (Å²) in [6.45, 7) is 0. The first kappa shape index (κ1) is 23.5. The SMILES string of the molecule is CSC(CC(O)(/C=C/C=C/C=C/c1ccccc1)Cc1cccc2ccccc12)SC. The largest absolute Gasteiger partial charge is 0.385 e. The number of thioether (sulfide) groups is 2. The van der Waals surface area contributed by atoms with Gasteiger partial charge in [0.15, 0.2) is 0 Å². The van der Waals surface area contributed by atoms with Gasteiger partial charge in [0.05, 0.1) is 10.2 Å². The van der Waals surface area contributed by atoms with E-state index in [0.29, 0.717) is 17.4 Å². The normalized spacial score (nSPS) is 14.3. The van der Waals surface area contributed by atoms with Crippen LogP contribution in [0.25, 0.3) is 16.8 Å². The topological polar surface area (TPSA) is 20.2 Å². The summed E-state index contributed by atoms with van der Waals surface area (Å²) in [6.07, 6.45) is 17.5. The smallest absolute Gasteiger partial charge is 0.0889 e. The Balaban J connectivity index is 1.78. The molecular weight excluding hydrogens is 416 g/mol. The Labute approximate surface area is 195 Å². The lowest BCUT2D eigenvalue weighted by molar-refractivity contribution is 0.0870. The van der Waals surface area contributed by atoms with Crippen LogP contribution in [-0.2, 0) is 6.42 Å². The van der Waals surface area contributed by atoms with Gasteiger partial charge in [0.25, 0.3) is 0 Å². The standard InChI is InChI=1S/C28H30OS2/c1-30-27(31-2)22-28(29,20-11-4-3-6-13-23-14-7-5-8-15-23)21-25-18-12-17-24-16-9-10-19-26(24)25/h3-20,27,29H,21-22H2,1-2H3/b4-3+,13-6+,20-11+. The molecule has 0 aliphatic rings. The van der Waals surface area contributed by atoms with Crippen LogP contribution in [0.15, 0.2) is 103 Å². The van der Waals surface area contributed by atoms with Crippen LogP contribution in [0.5, 0.6) is 0 Å². The quantitative estimate of drug-likeness (QED) is 0.259.